The van der Waals surface area contributed by atoms with Crippen molar-refractivity contribution in [2.45, 2.75) is 16.5 Å². The first-order valence-corrected chi connectivity index (χ1v) is 11.8. The zero-order valence-electron chi connectivity index (χ0n) is 16.3. The molecule has 1 amide bonds. The van der Waals surface area contributed by atoms with E-state index in [0.717, 1.165) is 26.5 Å². The molecule has 158 valence electrons. The number of nitrogens with one attached hydrogen (secondary N) is 1. The summed E-state index contributed by atoms with van der Waals surface area (Å²) in [5.41, 5.74) is 2.36. The molecule has 31 heavy (non-hydrogen) atoms. The van der Waals surface area contributed by atoms with Crippen LogP contribution in [-0.4, -0.2) is 22.0 Å². The highest BCUT2D eigenvalue weighted by Crippen LogP contribution is 2.48. The van der Waals surface area contributed by atoms with Gasteiger partial charge in [-0.05, 0) is 54.2 Å². The number of aliphatic carboxylic acids is 1. The van der Waals surface area contributed by atoms with Crippen molar-refractivity contribution in [3.05, 3.63) is 66.0 Å². The minimum atomic E-state index is -0.908. The quantitative estimate of drug-likeness (QED) is 0.396. The summed E-state index contributed by atoms with van der Waals surface area (Å²) in [6, 6.07) is 12.0. The third-order valence-electron chi connectivity index (χ3n) is 5.93. The van der Waals surface area contributed by atoms with Gasteiger partial charge in [0.25, 0.3) is 0 Å². The number of thioether (sulfide) groups is 1. The highest BCUT2D eigenvalue weighted by molar-refractivity contribution is 8.00. The molecule has 0 unspecified atom stereocenters. The van der Waals surface area contributed by atoms with Gasteiger partial charge in [0.1, 0.15) is 5.82 Å². The van der Waals surface area contributed by atoms with E-state index < -0.39 is 17.8 Å². The zero-order chi connectivity index (χ0) is 21.5. The first kappa shape index (κ1) is 20.2. The number of nitrogens with zero attached hydrogens (tertiary/aromatic N) is 1. The molecule has 1 heterocycles. The van der Waals surface area contributed by atoms with E-state index in [-0.39, 0.29) is 23.6 Å². The molecular formula is C23H19FN2O3S2. The number of carbonyl (C=O) groups is 2. The molecular weight excluding hydrogens is 435 g/mol. The first-order valence-electron chi connectivity index (χ1n) is 9.98. The van der Waals surface area contributed by atoms with Gasteiger partial charge < -0.3 is 10.4 Å². The van der Waals surface area contributed by atoms with E-state index >= 15 is 0 Å². The molecule has 0 spiro atoms. The second kappa shape index (κ2) is 8.09. The van der Waals surface area contributed by atoms with Crippen LogP contribution in [0.4, 0.5) is 10.1 Å². The molecule has 2 aliphatic rings. The van der Waals surface area contributed by atoms with Crippen LogP contribution in [0.2, 0.25) is 0 Å². The average Bonchev–Trinajstić information content (AvgIpc) is 3.45. The number of benzene rings is 2. The molecule has 1 aromatic heterocycles. The molecule has 8 heteroatoms. The summed E-state index contributed by atoms with van der Waals surface area (Å²) in [5.74, 6) is -2.04. The molecule has 2 aromatic carbocycles. The molecule has 4 atom stereocenters. The van der Waals surface area contributed by atoms with Crippen LogP contribution >= 0.6 is 23.1 Å². The largest absolute Gasteiger partial charge is 0.481 e. The predicted octanol–water partition coefficient (Wildman–Crippen LogP) is 5.19. The number of rotatable bonds is 6. The van der Waals surface area contributed by atoms with Gasteiger partial charge in [-0.3, -0.25) is 9.59 Å². The lowest BCUT2D eigenvalue weighted by molar-refractivity contribution is -0.146. The number of fused-ring (bicyclic) bond motifs is 3. The summed E-state index contributed by atoms with van der Waals surface area (Å²) in [5, 5.41) is 12.5. The topological polar surface area (TPSA) is 79.3 Å². The number of halogens is 1. The minimum absolute atomic E-state index is 0.0101. The van der Waals surface area contributed by atoms with Crippen LogP contribution < -0.4 is 5.32 Å². The maximum absolute atomic E-state index is 13.3. The first-order chi connectivity index (χ1) is 15.0. The highest BCUT2D eigenvalue weighted by atomic mass is 32.2. The van der Waals surface area contributed by atoms with Crippen LogP contribution in [0.3, 0.4) is 0 Å². The number of carboxylic acid groups (broad SMARTS) is 1. The fraction of sp³-hybridized carbons (Fsp3) is 0.261. The predicted molar refractivity (Wildman–Crippen MR) is 120 cm³/mol. The number of hydrogen-bond acceptors (Lipinski definition) is 5. The van der Waals surface area contributed by atoms with Gasteiger partial charge in [-0.2, -0.15) is 0 Å². The Morgan fingerprint density at radius 2 is 1.97 bits per heavy atom. The monoisotopic (exact) mass is 454 g/mol. The molecule has 2 aliphatic carbocycles. The van der Waals surface area contributed by atoms with Crippen LogP contribution in [-0.2, 0) is 15.3 Å². The second-order valence-electron chi connectivity index (χ2n) is 7.91. The minimum Gasteiger partial charge on any atom is -0.481 e. The van der Waals surface area contributed by atoms with Gasteiger partial charge in [0.15, 0.2) is 4.34 Å². The Labute approximate surface area is 186 Å². The van der Waals surface area contributed by atoms with Gasteiger partial charge in [0, 0.05) is 11.4 Å². The van der Waals surface area contributed by atoms with Gasteiger partial charge >= 0.3 is 5.97 Å². The van der Waals surface area contributed by atoms with E-state index in [1.165, 1.54) is 23.5 Å². The highest BCUT2D eigenvalue weighted by Gasteiger charge is 2.51. The van der Waals surface area contributed by atoms with Crippen LogP contribution in [0.25, 0.3) is 10.2 Å². The van der Waals surface area contributed by atoms with Crippen LogP contribution in [0.1, 0.15) is 12.0 Å². The Hall–Kier alpha value is -2.71. The molecule has 5 nitrogen and oxygen atoms in total. The molecule has 3 aromatic rings. The number of aromatic nitrogens is 1. The van der Waals surface area contributed by atoms with Crippen molar-refractivity contribution in [3.8, 4) is 0 Å². The third kappa shape index (κ3) is 3.97. The van der Waals surface area contributed by atoms with Crippen molar-refractivity contribution in [1.82, 2.24) is 4.98 Å². The fourth-order valence-corrected chi connectivity index (χ4v) is 6.61. The number of allylic oxidation sites excluding steroid dienone is 2. The Morgan fingerprint density at radius 1 is 1.16 bits per heavy atom. The number of thiazole rings is 1. The molecule has 0 saturated heterocycles. The molecule has 5 rings (SSSR count). The van der Waals surface area contributed by atoms with E-state index in [1.54, 1.807) is 23.9 Å². The van der Waals surface area contributed by atoms with Crippen molar-refractivity contribution >= 4 is 50.9 Å². The summed E-state index contributed by atoms with van der Waals surface area (Å²) >= 11 is 3.05. The van der Waals surface area contributed by atoms with E-state index in [0.29, 0.717) is 11.4 Å². The number of carbonyl (C=O) groups excluding carboxylic acids is 1. The summed E-state index contributed by atoms with van der Waals surface area (Å²) in [6.45, 7) is 0. The van der Waals surface area contributed by atoms with Gasteiger partial charge in [-0.15, -0.1) is 11.3 Å². The van der Waals surface area contributed by atoms with Crippen molar-refractivity contribution < 1.29 is 19.1 Å². The SMILES string of the molecule is O=C(O)[C@@H]1[C@H](C(=O)Nc2ccc3nc(SCc4cccc(F)c4)sc3c2)[C@H]2C=C[C@H]1C2. The van der Waals surface area contributed by atoms with Crippen molar-refractivity contribution in [2.75, 3.05) is 5.32 Å². The molecule has 2 bridgehead atoms. The third-order valence-corrected chi connectivity index (χ3v) is 8.17. The molecule has 0 radical (unpaired) electrons. The van der Waals surface area contributed by atoms with E-state index in [1.807, 2.05) is 30.4 Å². The second-order valence-corrected chi connectivity index (χ2v) is 10.2. The fourth-order valence-electron chi connectivity index (χ4n) is 4.56. The Morgan fingerprint density at radius 3 is 2.74 bits per heavy atom. The zero-order valence-corrected chi connectivity index (χ0v) is 18.0. The van der Waals surface area contributed by atoms with E-state index in [4.69, 9.17) is 0 Å². The van der Waals surface area contributed by atoms with Crippen molar-refractivity contribution in [1.29, 1.82) is 0 Å². The number of carboxylic acids is 1. The van der Waals surface area contributed by atoms with Gasteiger partial charge in [-0.25, -0.2) is 9.37 Å². The maximum Gasteiger partial charge on any atom is 0.307 e. The Bertz CT molecular complexity index is 1210. The lowest BCUT2D eigenvalue weighted by Crippen LogP contribution is -2.36. The molecule has 2 N–H and O–H groups in total. The Kier molecular flexibility index (Phi) is 5.27. The number of amides is 1. The van der Waals surface area contributed by atoms with Gasteiger partial charge in [0.2, 0.25) is 5.91 Å². The molecule has 0 aliphatic heterocycles. The lowest BCUT2D eigenvalue weighted by Gasteiger charge is -2.23. The standard InChI is InChI=1S/C23H19FN2O3S2/c24-15-3-1-2-12(8-15)11-30-23-26-17-7-6-16(10-18(17)31-23)25-21(27)19-13-4-5-14(9-13)20(19)22(28)29/h1-8,10,13-14,19-20H,9,11H2,(H,25,27)(H,28,29)/t13-,14-,19+,20-/m0/s1. The summed E-state index contributed by atoms with van der Waals surface area (Å²) < 4.78 is 15.1. The van der Waals surface area contributed by atoms with Crippen molar-refractivity contribution in [3.63, 3.8) is 0 Å². The van der Waals surface area contributed by atoms with Crippen molar-refractivity contribution in [2.24, 2.45) is 23.7 Å². The Balaban J connectivity index is 1.29. The summed E-state index contributed by atoms with van der Waals surface area (Å²) in [7, 11) is 0. The van der Waals surface area contributed by atoms with E-state index in [2.05, 4.69) is 10.3 Å². The summed E-state index contributed by atoms with van der Waals surface area (Å²) in [4.78, 5) is 29.2. The number of hydrogen-bond donors (Lipinski definition) is 2. The van der Waals surface area contributed by atoms with Crippen LogP contribution in [0, 0.1) is 29.5 Å². The molecule has 1 fully saturated rings. The normalized spacial score (nSPS) is 24.0. The summed E-state index contributed by atoms with van der Waals surface area (Å²) in [6.07, 6.45) is 4.64. The van der Waals surface area contributed by atoms with Gasteiger partial charge in [0.05, 0.1) is 22.1 Å². The lowest BCUT2D eigenvalue weighted by atomic mass is 9.82. The average molecular weight is 455 g/mol. The number of anilines is 1. The molecule has 1 saturated carbocycles. The maximum atomic E-state index is 13.3. The van der Waals surface area contributed by atoms with Crippen LogP contribution in [0.5, 0.6) is 0 Å². The van der Waals surface area contributed by atoms with Crippen LogP contribution in [0.15, 0.2) is 59.0 Å². The van der Waals surface area contributed by atoms with E-state index in [9.17, 15) is 19.1 Å². The smallest absolute Gasteiger partial charge is 0.307 e. The van der Waals surface area contributed by atoms with Gasteiger partial charge in [-0.1, -0.05) is 36.0 Å².